The van der Waals surface area contributed by atoms with Gasteiger partial charge in [0.25, 0.3) is 5.91 Å². The van der Waals surface area contributed by atoms with Crippen LogP contribution >= 0.6 is 0 Å². The molecule has 0 unspecified atom stereocenters. The van der Waals surface area contributed by atoms with E-state index < -0.39 is 0 Å². The highest BCUT2D eigenvalue weighted by atomic mass is 16.3. The van der Waals surface area contributed by atoms with Crippen LogP contribution < -0.4 is 9.88 Å². The summed E-state index contributed by atoms with van der Waals surface area (Å²) in [6.07, 6.45) is 6.36. The summed E-state index contributed by atoms with van der Waals surface area (Å²) in [5, 5.41) is 12.0. The maximum Gasteiger partial charge on any atom is 0.262 e. The lowest BCUT2D eigenvalue weighted by molar-refractivity contribution is -0.671. The molecule has 0 radical (unpaired) electrons. The third-order valence-electron chi connectivity index (χ3n) is 2.49. The van der Waals surface area contributed by atoms with Crippen LogP contribution in [0, 0.1) is 5.92 Å². The molecule has 0 saturated carbocycles. The van der Waals surface area contributed by atoms with E-state index in [0.717, 1.165) is 6.42 Å². The molecular weight excluding hydrogens is 218 g/mol. The zero-order valence-electron chi connectivity index (χ0n) is 10.8. The van der Waals surface area contributed by atoms with Gasteiger partial charge in [0.05, 0.1) is 19.7 Å². The molecule has 0 fully saturated rings. The Labute approximate surface area is 102 Å². The van der Waals surface area contributed by atoms with E-state index in [1.54, 1.807) is 4.57 Å². The van der Waals surface area contributed by atoms with Crippen molar-refractivity contribution in [3.8, 4) is 0 Å². The first-order valence-electron chi connectivity index (χ1n) is 5.92. The van der Waals surface area contributed by atoms with E-state index in [1.807, 2.05) is 30.3 Å². The highest BCUT2D eigenvalue weighted by Crippen LogP contribution is 2.04. The SMILES string of the molecule is CC(C)C[C@@H](CO)NC(=O)Cn1cc[n+](C)c1. The lowest BCUT2D eigenvalue weighted by Crippen LogP contribution is -2.40. The van der Waals surface area contributed by atoms with Crippen molar-refractivity contribution < 1.29 is 14.5 Å². The number of aromatic nitrogens is 2. The van der Waals surface area contributed by atoms with Gasteiger partial charge in [0.2, 0.25) is 6.33 Å². The number of nitrogens with zero attached hydrogens (tertiary/aromatic N) is 2. The predicted molar refractivity (Wildman–Crippen MR) is 64.1 cm³/mol. The number of carbonyl (C=O) groups is 1. The fourth-order valence-electron chi connectivity index (χ4n) is 1.78. The Morgan fingerprint density at radius 2 is 2.24 bits per heavy atom. The van der Waals surface area contributed by atoms with Crippen molar-refractivity contribution in [3.05, 3.63) is 18.7 Å². The topological polar surface area (TPSA) is 58.1 Å². The van der Waals surface area contributed by atoms with Gasteiger partial charge in [-0.3, -0.25) is 4.79 Å². The van der Waals surface area contributed by atoms with Crippen molar-refractivity contribution in [3.63, 3.8) is 0 Å². The Kier molecular flexibility index (Phi) is 5.15. The number of imidazole rings is 1. The minimum absolute atomic E-state index is 0.0105. The number of hydrogen-bond donors (Lipinski definition) is 2. The van der Waals surface area contributed by atoms with E-state index in [0.29, 0.717) is 5.92 Å². The molecule has 1 rings (SSSR count). The molecule has 0 spiro atoms. The summed E-state index contributed by atoms with van der Waals surface area (Å²) in [5.74, 6) is 0.387. The first-order chi connectivity index (χ1) is 8.01. The highest BCUT2D eigenvalue weighted by molar-refractivity contribution is 5.76. The average molecular weight is 240 g/mol. The van der Waals surface area contributed by atoms with Crippen LogP contribution in [0.15, 0.2) is 18.7 Å². The minimum atomic E-state index is -0.146. The van der Waals surface area contributed by atoms with E-state index in [4.69, 9.17) is 5.11 Å². The molecule has 0 aliphatic heterocycles. The number of aliphatic hydroxyl groups is 1. The van der Waals surface area contributed by atoms with Gasteiger partial charge >= 0.3 is 0 Å². The van der Waals surface area contributed by atoms with Gasteiger partial charge in [-0.15, -0.1) is 0 Å². The fraction of sp³-hybridized carbons (Fsp3) is 0.667. The molecule has 96 valence electrons. The van der Waals surface area contributed by atoms with Gasteiger partial charge in [0.1, 0.15) is 12.4 Å². The Bertz CT molecular complexity index is 360. The molecule has 0 bridgehead atoms. The molecule has 5 heteroatoms. The molecule has 0 saturated heterocycles. The summed E-state index contributed by atoms with van der Waals surface area (Å²) in [5.41, 5.74) is 0. The second kappa shape index (κ2) is 6.39. The van der Waals surface area contributed by atoms with Crippen molar-refractivity contribution in [1.29, 1.82) is 0 Å². The second-order valence-electron chi connectivity index (χ2n) is 4.83. The quantitative estimate of drug-likeness (QED) is 0.679. The Balaban J connectivity index is 2.42. The van der Waals surface area contributed by atoms with Gasteiger partial charge in [-0.05, 0) is 12.3 Å². The van der Waals surface area contributed by atoms with Crippen LogP contribution in [0.2, 0.25) is 0 Å². The maximum absolute atomic E-state index is 11.7. The monoisotopic (exact) mass is 240 g/mol. The smallest absolute Gasteiger partial charge is 0.262 e. The Morgan fingerprint density at radius 1 is 1.53 bits per heavy atom. The fourth-order valence-corrected chi connectivity index (χ4v) is 1.78. The van der Waals surface area contributed by atoms with Gasteiger partial charge in [-0.25, -0.2) is 9.13 Å². The van der Waals surface area contributed by atoms with Crippen LogP contribution in [0.25, 0.3) is 0 Å². The number of hydrogen-bond acceptors (Lipinski definition) is 2. The van der Waals surface area contributed by atoms with Gasteiger partial charge in [0, 0.05) is 0 Å². The molecule has 1 atom stereocenters. The van der Waals surface area contributed by atoms with Crippen LogP contribution in [-0.4, -0.2) is 28.2 Å². The van der Waals surface area contributed by atoms with Crippen molar-refractivity contribution >= 4 is 5.91 Å². The Morgan fingerprint density at radius 3 is 2.71 bits per heavy atom. The molecule has 1 amide bonds. The number of amides is 1. The molecular formula is C12H22N3O2+. The number of carbonyl (C=O) groups excluding carboxylic acids is 1. The third-order valence-corrected chi connectivity index (χ3v) is 2.49. The molecule has 17 heavy (non-hydrogen) atoms. The zero-order valence-corrected chi connectivity index (χ0v) is 10.8. The molecule has 1 aromatic heterocycles. The van der Waals surface area contributed by atoms with E-state index >= 15 is 0 Å². The van der Waals surface area contributed by atoms with Crippen molar-refractivity contribution in [2.24, 2.45) is 13.0 Å². The first-order valence-corrected chi connectivity index (χ1v) is 5.92. The average Bonchev–Trinajstić information content (AvgIpc) is 2.62. The van der Waals surface area contributed by atoms with Crippen LogP contribution in [0.3, 0.4) is 0 Å². The second-order valence-corrected chi connectivity index (χ2v) is 4.83. The van der Waals surface area contributed by atoms with Crippen molar-refractivity contribution in [1.82, 2.24) is 9.88 Å². The highest BCUT2D eigenvalue weighted by Gasteiger charge is 2.14. The summed E-state index contributed by atoms with van der Waals surface area (Å²) in [4.78, 5) is 11.7. The van der Waals surface area contributed by atoms with Crippen LogP contribution in [0.4, 0.5) is 0 Å². The van der Waals surface area contributed by atoms with Crippen LogP contribution in [-0.2, 0) is 18.4 Å². The summed E-state index contributed by atoms with van der Waals surface area (Å²) >= 11 is 0. The molecule has 2 N–H and O–H groups in total. The number of aryl methyl sites for hydroxylation is 1. The lowest BCUT2D eigenvalue weighted by atomic mass is 10.0. The molecule has 0 aromatic carbocycles. The van der Waals surface area contributed by atoms with Gasteiger partial charge in [-0.2, -0.15) is 0 Å². The van der Waals surface area contributed by atoms with Crippen LogP contribution in [0.5, 0.6) is 0 Å². The minimum Gasteiger partial charge on any atom is -0.394 e. The van der Waals surface area contributed by atoms with Gasteiger partial charge in [0.15, 0.2) is 6.54 Å². The van der Waals surface area contributed by atoms with Gasteiger partial charge in [-0.1, -0.05) is 13.8 Å². The first kappa shape index (κ1) is 13.7. The summed E-state index contributed by atoms with van der Waals surface area (Å²) in [6.45, 7) is 4.42. The standard InChI is InChI=1S/C12H21N3O2/c1-10(2)6-11(8-16)13-12(17)7-15-5-4-14(3)9-15/h4-5,9-11,16H,6-8H2,1-3H3/p+1/t11-/m0/s1. The van der Waals surface area contributed by atoms with Crippen molar-refractivity contribution in [2.75, 3.05) is 6.61 Å². The third kappa shape index (κ3) is 4.99. The largest absolute Gasteiger partial charge is 0.394 e. The van der Waals surface area contributed by atoms with E-state index in [2.05, 4.69) is 19.2 Å². The summed E-state index contributed by atoms with van der Waals surface area (Å²) in [7, 11) is 1.91. The van der Waals surface area contributed by atoms with E-state index in [-0.39, 0.29) is 25.1 Å². The van der Waals surface area contributed by atoms with Crippen molar-refractivity contribution in [2.45, 2.75) is 32.9 Å². The van der Waals surface area contributed by atoms with Crippen LogP contribution in [0.1, 0.15) is 20.3 Å². The number of nitrogens with one attached hydrogen (secondary N) is 1. The van der Waals surface area contributed by atoms with E-state index in [1.165, 1.54) is 0 Å². The summed E-state index contributed by atoms with van der Waals surface area (Å²) in [6, 6.07) is -0.146. The molecule has 0 aliphatic carbocycles. The summed E-state index contributed by atoms with van der Waals surface area (Å²) < 4.78 is 3.68. The lowest BCUT2D eigenvalue weighted by Gasteiger charge is -2.17. The normalized spacial score (nSPS) is 12.8. The predicted octanol–water partition coefficient (Wildman–Crippen LogP) is -0.164. The molecule has 0 aliphatic rings. The molecule has 1 heterocycles. The Hall–Kier alpha value is -1.36. The zero-order chi connectivity index (χ0) is 12.8. The molecule has 1 aromatic rings. The van der Waals surface area contributed by atoms with Gasteiger partial charge < -0.3 is 10.4 Å². The number of aliphatic hydroxyl groups excluding tert-OH is 1. The molecule has 5 nitrogen and oxygen atoms in total. The maximum atomic E-state index is 11.7. The number of rotatable bonds is 6. The van der Waals surface area contributed by atoms with E-state index in [9.17, 15) is 4.79 Å².